The third kappa shape index (κ3) is 3.70. The van der Waals surface area contributed by atoms with E-state index in [-0.39, 0.29) is 11.7 Å². The number of nitrogens with two attached hydrogens (primary N) is 1. The lowest BCUT2D eigenvalue weighted by Crippen LogP contribution is -2.33. The van der Waals surface area contributed by atoms with Crippen LogP contribution in [-0.2, 0) is 4.79 Å². The zero-order chi connectivity index (χ0) is 18.7. The van der Waals surface area contributed by atoms with Crippen molar-refractivity contribution in [2.45, 2.75) is 17.3 Å². The van der Waals surface area contributed by atoms with Gasteiger partial charge in [-0.25, -0.2) is 9.07 Å². The molecule has 0 fully saturated rings. The number of hydrogen-bond acceptors (Lipinski definition) is 5. The highest BCUT2D eigenvalue weighted by molar-refractivity contribution is 8.00. The number of para-hydroxylation sites is 1. The zero-order valence-corrected chi connectivity index (χ0v) is 15.2. The number of rotatable bonds is 5. The van der Waals surface area contributed by atoms with E-state index < -0.39 is 5.25 Å². The first-order chi connectivity index (χ1) is 12.5. The number of nitrogen functional groups attached to an aromatic ring is 1. The number of nitrogens with zero attached hydrogens (tertiary/aromatic N) is 4. The van der Waals surface area contributed by atoms with Gasteiger partial charge in [-0.2, -0.15) is 0 Å². The summed E-state index contributed by atoms with van der Waals surface area (Å²) < 4.78 is 14.7. The molecule has 3 rings (SSSR count). The summed E-state index contributed by atoms with van der Waals surface area (Å²) in [6.45, 7) is 1.78. The van der Waals surface area contributed by atoms with Gasteiger partial charge in [-0.05, 0) is 31.2 Å². The number of anilines is 1. The lowest BCUT2D eigenvalue weighted by Gasteiger charge is -2.20. The standard InChI is InChI=1S/C18H18FN5OS/c1-12(17(25)23(2)15-9-4-3-5-10-15)26-18-22-21-16(24(18)20)13-7-6-8-14(19)11-13/h3-12H,20H2,1-2H3/t12-/m1/s1. The Kier molecular flexibility index (Phi) is 5.22. The Morgan fingerprint density at radius 1 is 1.19 bits per heavy atom. The van der Waals surface area contributed by atoms with Gasteiger partial charge >= 0.3 is 0 Å². The van der Waals surface area contributed by atoms with Crippen LogP contribution in [0.25, 0.3) is 11.4 Å². The fraction of sp³-hybridized carbons (Fsp3) is 0.167. The Bertz CT molecular complexity index is 915. The fourth-order valence-corrected chi connectivity index (χ4v) is 3.31. The molecule has 0 aliphatic rings. The molecule has 1 atom stereocenters. The molecule has 8 heteroatoms. The minimum atomic E-state index is -0.424. The van der Waals surface area contributed by atoms with Crippen LogP contribution in [0.1, 0.15) is 6.92 Å². The molecule has 0 unspecified atom stereocenters. The summed E-state index contributed by atoms with van der Waals surface area (Å²) in [7, 11) is 1.72. The number of hydrogen-bond donors (Lipinski definition) is 1. The molecule has 2 aromatic carbocycles. The second-order valence-electron chi connectivity index (χ2n) is 5.68. The first-order valence-electron chi connectivity index (χ1n) is 7.93. The maximum atomic E-state index is 13.4. The van der Waals surface area contributed by atoms with E-state index in [0.717, 1.165) is 5.69 Å². The van der Waals surface area contributed by atoms with Crippen LogP contribution in [0, 0.1) is 5.82 Å². The lowest BCUT2D eigenvalue weighted by molar-refractivity contribution is -0.117. The van der Waals surface area contributed by atoms with Gasteiger partial charge in [-0.3, -0.25) is 4.79 Å². The topological polar surface area (TPSA) is 77.0 Å². The van der Waals surface area contributed by atoms with Gasteiger partial charge in [0.15, 0.2) is 5.82 Å². The predicted octanol–water partition coefficient (Wildman–Crippen LogP) is 2.94. The molecular weight excluding hydrogens is 353 g/mol. The van der Waals surface area contributed by atoms with Crippen LogP contribution in [0.5, 0.6) is 0 Å². The summed E-state index contributed by atoms with van der Waals surface area (Å²) in [6.07, 6.45) is 0. The maximum Gasteiger partial charge on any atom is 0.240 e. The van der Waals surface area contributed by atoms with Crippen molar-refractivity contribution < 1.29 is 9.18 Å². The van der Waals surface area contributed by atoms with Gasteiger partial charge in [0.05, 0.1) is 5.25 Å². The number of aromatic nitrogens is 3. The highest BCUT2D eigenvalue weighted by Crippen LogP contribution is 2.26. The van der Waals surface area contributed by atoms with E-state index in [4.69, 9.17) is 5.84 Å². The van der Waals surface area contributed by atoms with Gasteiger partial charge in [0.2, 0.25) is 11.1 Å². The molecule has 2 N–H and O–H groups in total. The van der Waals surface area contributed by atoms with Gasteiger partial charge in [0.25, 0.3) is 0 Å². The van der Waals surface area contributed by atoms with Gasteiger partial charge in [0, 0.05) is 18.3 Å². The van der Waals surface area contributed by atoms with E-state index in [0.29, 0.717) is 16.5 Å². The molecule has 1 heterocycles. The fourth-order valence-electron chi connectivity index (χ4n) is 2.44. The van der Waals surface area contributed by atoms with Crippen LogP contribution in [0.15, 0.2) is 59.8 Å². The van der Waals surface area contributed by atoms with Gasteiger partial charge in [-0.1, -0.05) is 42.1 Å². The van der Waals surface area contributed by atoms with E-state index in [9.17, 15) is 9.18 Å². The molecule has 1 amide bonds. The molecule has 26 heavy (non-hydrogen) atoms. The summed E-state index contributed by atoms with van der Waals surface area (Å²) >= 11 is 1.20. The molecule has 0 radical (unpaired) electrons. The van der Waals surface area contributed by atoms with Gasteiger partial charge in [-0.15, -0.1) is 10.2 Å². The minimum Gasteiger partial charge on any atom is -0.335 e. The third-order valence-electron chi connectivity index (χ3n) is 3.85. The van der Waals surface area contributed by atoms with Crippen molar-refractivity contribution in [3.05, 3.63) is 60.4 Å². The number of amides is 1. The number of benzene rings is 2. The normalized spacial score (nSPS) is 12.0. The molecule has 134 valence electrons. The Labute approximate surface area is 154 Å². The predicted molar refractivity (Wildman–Crippen MR) is 101 cm³/mol. The molecule has 1 aromatic heterocycles. The zero-order valence-electron chi connectivity index (χ0n) is 14.3. The molecule has 6 nitrogen and oxygen atoms in total. The summed E-state index contributed by atoms with van der Waals surface area (Å²) in [5.74, 6) is 5.91. The minimum absolute atomic E-state index is 0.0866. The molecule has 0 aliphatic heterocycles. The van der Waals surface area contributed by atoms with Crippen molar-refractivity contribution >= 4 is 23.4 Å². The maximum absolute atomic E-state index is 13.4. The average Bonchev–Trinajstić information content (AvgIpc) is 3.01. The van der Waals surface area contributed by atoms with Gasteiger partial charge in [0.1, 0.15) is 5.82 Å². The SMILES string of the molecule is C[C@@H](Sc1nnc(-c2cccc(F)c2)n1N)C(=O)N(C)c1ccccc1. The number of carbonyl (C=O) groups is 1. The van der Waals surface area contributed by atoms with E-state index in [1.165, 1.54) is 28.6 Å². The second-order valence-corrected chi connectivity index (χ2v) is 6.99. The monoisotopic (exact) mass is 371 g/mol. The lowest BCUT2D eigenvalue weighted by atomic mass is 10.2. The smallest absolute Gasteiger partial charge is 0.240 e. The largest absolute Gasteiger partial charge is 0.335 e. The highest BCUT2D eigenvalue weighted by Gasteiger charge is 2.23. The molecule has 0 aliphatic carbocycles. The number of carbonyl (C=O) groups excluding carboxylic acids is 1. The molecule has 0 saturated carbocycles. The van der Waals surface area contributed by atoms with Crippen LogP contribution in [0.4, 0.5) is 10.1 Å². The first kappa shape index (κ1) is 17.9. The Morgan fingerprint density at radius 3 is 2.62 bits per heavy atom. The van der Waals surface area contributed by atoms with Crippen molar-refractivity contribution in [1.29, 1.82) is 0 Å². The molecule has 0 saturated heterocycles. The van der Waals surface area contributed by atoms with Crippen molar-refractivity contribution in [2.24, 2.45) is 0 Å². The molecule has 0 spiro atoms. The quantitative estimate of drug-likeness (QED) is 0.551. The van der Waals surface area contributed by atoms with E-state index in [1.807, 2.05) is 30.3 Å². The summed E-state index contributed by atoms with van der Waals surface area (Å²) in [5, 5.41) is 8.01. The summed E-state index contributed by atoms with van der Waals surface area (Å²) in [4.78, 5) is 14.2. The van der Waals surface area contributed by atoms with Gasteiger partial charge < -0.3 is 10.7 Å². The van der Waals surface area contributed by atoms with Crippen LogP contribution in [-0.4, -0.2) is 33.1 Å². The third-order valence-corrected chi connectivity index (χ3v) is 4.90. The van der Waals surface area contributed by atoms with E-state index >= 15 is 0 Å². The summed E-state index contributed by atoms with van der Waals surface area (Å²) in [6, 6.07) is 15.3. The Balaban J connectivity index is 1.76. The van der Waals surface area contributed by atoms with Crippen LogP contribution >= 0.6 is 11.8 Å². The van der Waals surface area contributed by atoms with Crippen molar-refractivity contribution in [2.75, 3.05) is 17.8 Å². The van der Waals surface area contributed by atoms with Crippen LogP contribution < -0.4 is 10.7 Å². The highest BCUT2D eigenvalue weighted by atomic mass is 32.2. The Hall–Kier alpha value is -2.87. The van der Waals surface area contributed by atoms with Crippen LogP contribution in [0.3, 0.4) is 0 Å². The van der Waals surface area contributed by atoms with Crippen molar-refractivity contribution in [3.8, 4) is 11.4 Å². The molecular formula is C18H18FN5OS. The van der Waals surface area contributed by atoms with E-state index in [2.05, 4.69) is 10.2 Å². The summed E-state index contributed by atoms with van der Waals surface area (Å²) in [5.41, 5.74) is 1.33. The molecule has 3 aromatic rings. The van der Waals surface area contributed by atoms with Crippen molar-refractivity contribution in [3.63, 3.8) is 0 Å². The van der Waals surface area contributed by atoms with E-state index in [1.54, 1.807) is 31.0 Å². The number of thioether (sulfide) groups is 1. The second kappa shape index (κ2) is 7.57. The number of halogens is 1. The first-order valence-corrected chi connectivity index (χ1v) is 8.81. The van der Waals surface area contributed by atoms with Crippen molar-refractivity contribution in [1.82, 2.24) is 14.9 Å². The van der Waals surface area contributed by atoms with Crippen LogP contribution in [0.2, 0.25) is 0 Å². The Morgan fingerprint density at radius 2 is 1.92 bits per heavy atom. The average molecular weight is 371 g/mol. The molecule has 0 bridgehead atoms.